The number of hydrogen-bond acceptors (Lipinski definition) is 2. The monoisotopic (exact) mass is 212 g/mol. The zero-order valence-electron chi connectivity index (χ0n) is 11.0. The Morgan fingerprint density at radius 1 is 1.33 bits per heavy atom. The average molecular weight is 212 g/mol. The highest BCUT2D eigenvalue weighted by Gasteiger charge is 2.28. The molecule has 1 N–H and O–H groups in total. The maximum Gasteiger partial charge on any atom is 0.000623 e. The van der Waals surface area contributed by atoms with Crippen molar-refractivity contribution in [2.24, 2.45) is 11.3 Å². The molecule has 0 saturated carbocycles. The first-order valence-corrected chi connectivity index (χ1v) is 6.45. The van der Waals surface area contributed by atoms with Gasteiger partial charge in [-0.15, -0.1) is 0 Å². The van der Waals surface area contributed by atoms with Gasteiger partial charge in [0, 0.05) is 6.54 Å². The molecule has 0 spiro atoms. The molecule has 1 saturated heterocycles. The van der Waals surface area contributed by atoms with Gasteiger partial charge in [-0.3, -0.25) is 0 Å². The lowest BCUT2D eigenvalue weighted by molar-refractivity contribution is 0.136. The molecule has 1 atom stereocenters. The number of hydrogen-bond donors (Lipinski definition) is 1. The van der Waals surface area contributed by atoms with Crippen LogP contribution in [0.2, 0.25) is 0 Å². The SMILES string of the molecule is CCC(C)CNCC1(C)CCN(C)CC1. The summed E-state index contributed by atoms with van der Waals surface area (Å²) in [4.78, 5) is 2.44. The van der Waals surface area contributed by atoms with Crippen molar-refractivity contribution in [3.05, 3.63) is 0 Å². The normalized spacial score (nSPS) is 24.0. The molecule has 1 heterocycles. The fraction of sp³-hybridized carbons (Fsp3) is 1.00. The van der Waals surface area contributed by atoms with Crippen molar-refractivity contribution in [1.82, 2.24) is 10.2 Å². The van der Waals surface area contributed by atoms with Gasteiger partial charge in [0.2, 0.25) is 0 Å². The molecule has 1 aliphatic rings. The fourth-order valence-electron chi connectivity index (χ4n) is 2.10. The second-order valence-electron chi connectivity index (χ2n) is 5.76. The Labute approximate surface area is 95.4 Å². The maximum atomic E-state index is 3.64. The Kier molecular flexibility index (Phi) is 5.07. The van der Waals surface area contributed by atoms with Crippen LogP contribution in [-0.4, -0.2) is 38.1 Å². The summed E-state index contributed by atoms with van der Waals surface area (Å²) in [7, 11) is 2.23. The number of rotatable bonds is 5. The number of piperidine rings is 1. The van der Waals surface area contributed by atoms with E-state index in [1.165, 1.54) is 45.4 Å². The van der Waals surface area contributed by atoms with Crippen molar-refractivity contribution >= 4 is 0 Å². The standard InChI is InChI=1S/C13H28N2/c1-5-12(2)10-14-11-13(3)6-8-15(4)9-7-13/h12,14H,5-11H2,1-4H3. The van der Waals surface area contributed by atoms with Crippen molar-refractivity contribution < 1.29 is 0 Å². The third-order valence-corrected chi connectivity index (χ3v) is 3.94. The molecule has 90 valence electrons. The summed E-state index contributed by atoms with van der Waals surface area (Å²) in [6, 6.07) is 0. The number of nitrogens with zero attached hydrogens (tertiary/aromatic N) is 1. The largest absolute Gasteiger partial charge is 0.316 e. The maximum absolute atomic E-state index is 3.64. The minimum atomic E-state index is 0.542. The summed E-state index contributed by atoms with van der Waals surface area (Å²) in [5, 5.41) is 3.64. The van der Waals surface area contributed by atoms with Gasteiger partial charge in [-0.1, -0.05) is 27.2 Å². The number of nitrogens with one attached hydrogen (secondary N) is 1. The van der Waals surface area contributed by atoms with E-state index in [4.69, 9.17) is 0 Å². The Bertz CT molecular complexity index is 171. The number of likely N-dealkylation sites (tertiary alicyclic amines) is 1. The van der Waals surface area contributed by atoms with Gasteiger partial charge in [-0.05, 0) is 50.9 Å². The van der Waals surface area contributed by atoms with Crippen LogP contribution >= 0.6 is 0 Å². The zero-order chi connectivity index (χ0) is 11.3. The molecule has 0 aromatic rings. The van der Waals surface area contributed by atoms with Crippen molar-refractivity contribution in [3.8, 4) is 0 Å². The third kappa shape index (κ3) is 4.52. The Hall–Kier alpha value is -0.0800. The van der Waals surface area contributed by atoms with E-state index in [0.717, 1.165) is 5.92 Å². The molecular weight excluding hydrogens is 184 g/mol. The van der Waals surface area contributed by atoms with Gasteiger partial charge in [-0.2, -0.15) is 0 Å². The molecule has 0 aliphatic carbocycles. The summed E-state index contributed by atoms with van der Waals surface area (Å²) in [5.41, 5.74) is 0.542. The van der Waals surface area contributed by atoms with E-state index in [9.17, 15) is 0 Å². The fourth-order valence-corrected chi connectivity index (χ4v) is 2.10. The molecular formula is C13H28N2. The summed E-state index contributed by atoms with van der Waals surface area (Å²) in [5.74, 6) is 0.819. The van der Waals surface area contributed by atoms with Crippen LogP contribution in [0.15, 0.2) is 0 Å². The second kappa shape index (κ2) is 5.86. The molecule has 0 amide bonds. The molecule has 0 radical (unpaired) electrons. The summed E-state index contributed by atoms with van der Waals surface area (Å²) < 4.78 is 0. The highest BCUT2D eigenvalue weighted by molar-refractivity contribution is 4.83. The van der Waals surface area contributed by atoms with E-state index in [0.29, 0.717) is 5.41 Å². The second-order valence-corrected chi connectivity index (χ2v) is 5.76. The van der Waals surface area contributed by atoms with Crippen molar-refractivity contribution in [1.29, 1.82) is 0 Å². The molecule has 0 aromatic carbocycles. The zero-order valence-corrected chi connectivity index (χ0v) is 11.0. The van der Waals surface area contributed by atoms with Crippen LogP contribution in [0.5, 0.6) is 0 Å². The summed E-state index contributed by atoms with van der Waals surface area (Å²) >= 11 is 0. The molecule has 1 unspecified atom stereocenters. The molecule has 2 heteroatoms. The van der Waals surface area contributed by atoms with Crippen LogP contribution in [0.4, 0.5) is 0 Å². The van der Waals surface area contributed by atoms with Gasteiger partial charge in [-0.25, -0.2) is 0 Å². The predicted octanol–water partition coefficient (Wildman–Crippen LogP) is 2.35. The van der Waals surface area contributed by atoms with E-state index >= 15 is 0 Å². The van der Waals surface area contributed by atoms with E-state index in [2.05, 4.69) is 38.0 Å². The Morgan fingerprint density at radius 3 is 2.47 bits per heavy atom. The van der Waals surface area contributed by atoms with E-state index in [-0.39, 0.29) is 0 Å². The highest BCUT2D eigenvalue weighted by Crippen LogP contribution is 2.29. The van der Waals surface area contributed by atoms with Crippen LogP contribution < -0.4 is 5.32 Å². The van der Waals surface area contributed by atoms with Gasteiger partial charge < -0.3 is 10.2 Å². The van der Waals surface area contributed by atoms with Crippen molar-refractivity contribution in [2.75, 3.05) is 33.2 Å². The van der Waals surface area contributed by atoms with Gasteiger partial charge in [0.05, 0.1) is 0 Å². The first-order chi connectivity index (χ1) is 7.06. The molecule has 1 rings (SSSR count). The van der Waals surface area contributed by atoms with Crippen LogP contribution in [0.1, 0.15) is 40.0 Å². The van der Waals surface area contributed by atoms with Gasteiger partial charge in [0.1, 0.15) is 0 Å². The molecule has 0 bridgehead atoms. The van der Waals surface area contributed by atoms with Crippen LogP contribution in [-0.2, 0) is 0 Å². The van der Waals surface area contributed by atoms with Crippen molar-refractivity contribution in [2.45, 2.75) is 40.0 Å². The predicted molar refractivity (Wildman–Crippen MR) is 67.2 cm³/mol. The van der Waals surface area contributed by atoms with Gasteiger partial charge in [0.25, 0.3) is 0 Å². The topological polar surface area (TPSA) is 15.3 Å². The molecule has 2 nitrogen and oxygen atoms in total. The van der Waals surface area contributed by atoms with E-state index in [1.54, 1.807) is 0 Å². The molecule has 1 aliphatic heterocycles. The van der Waals surface area contributed by atoms with Gasteiger partial charge in [0.15, 0.2) is 0 Å². The van der Waals surface area contributed by atoms with Crippen LogP contribution in [0.25, 0.3) is 0 Å². The van der Waals surface area contributed by atoms with Crippen LogP contribution in [0, 0.1) is 11.3 Å². The van der Waals surface area contributed by atoms with Crippen LogP contribution in [0.3, 0.4) is 0 Å². The van der Waals surface area contributed by atoms with Gasteiger partial charge >= 0.3 is 0 Å². The molecule has 15 heavy (non-hydrogen) atoms. The van der Waals surface area contributed by atoms with E-state index in [1.807, 2.05) is 0 Å². The lowest BCUT2D eigenvalue weighted by Crippen LogP contribution is -2.42. The lowest BCUT2D eigenvalue weighted by Gasteiger charge is -2.38. The Morgan fingerprint density at radius 2 is 1.93 bits per heavy atom. The first-order valence-electron chi connectivity index (χ1n) is 6.45. The minimum Gasteiger partial charge on any atom is -0.316 e. The quantitative estimate of drug-likeness (QED) is 0.752. The first kappa shape index (κ1) is 13.0. The molecule has 0 aromatic heterocycles. The molecule has 1 fully saturated rings. The smallest absolute Gasteiger partial charge is 0.000623 e. The highest BCUT2D eigenvalue weighted by atomic mass is 15.1. The Balaban J connectivity index is 2.19. The minimum absolute atomic E-state index is 0.542. The summed E-state index contributed by atoms with van der Waals surface area (Å²) in [6.07, 6.45) is 3.97. The average Bonchev–Trinajstić information content (AvgIpc) is 2.23. The van der Waals surface area contributed by atoms with E-state index < -0.39 is 0 Å². The third-order valence-electron chi connectivity index (χ3n) is 3.94. The summed E-state index contributed by atoms with van der Waals surface area (Å²) in [6.45, 7) is 11.9. The lowest BCUT2D eigenvalue weighted by atomic mass is 9.80. The van der Waals surface area contributed by atoms with Crippen molar-refractivity contribution in [3.63, 3.8) is 0 Å².